The van der Waals surface area contributed by atoms with Crippen molar-refractivity contribution in [3.63, 3.8) is 0 Å². The molecule has 6 nitrogen and oxygen atoms in total. The molecule has 28 heavy (non-hydrogen) atoms. The standard InChI is InChI=1S/C22H24N4O2/c1-19(2)13-6-7-14(15(19)9-13)17-21(12-25)18(26)28-22(27-17)8-4-3-5-16(22)20(21,10-23)11-24/h7,13,15-17,26H,3-6,8-9H2,1-2H3/t13-,15+,16+,17-,21+,22+/m0/s1. The van der Waals surface area contributed by atoms with E-state index in [1.807, 2.05) is 0 Å². The number of fused-ring (bicyclic) bond motifs is 4. The summed E-state index contributed by atoms with van der Waals surface area (Å²) in [6.45, 7) is 4.48. The molecule has 3 saturated heterocycles. The summed E-state index contributed by atoms with van der Waals surface area (Å²) in [7, 11) is 0. The monoisotopic (exact) mass is 376 g/mol. The molecule has 0 aromatic heterocycles. The highest BCUT2D eigenvalue weighted by atomic mass is 16.7. The highest BCUT2D eigenvalue weighted by Gasteiger charge is 2.81. The molecule has 4 aliphatic carbocycles. The lowest BCUT2D eigenvalue weighted by molar-refractivity contribution is -0.352. The molecule has 0 radical (unpaired) electrons. The van der Waals surface area contributed by atoms with Crippen LogP contribution in [-0.4, -0.2) is 17.8 Å². The van der Waals surface area contributed by atoms with Gasteiger partial charge in [-0.05, 0) is 48.5 Å². The molecule has 2 saturated carbocycles. The third-order valence-corrected chi connectivity index (χ3v) is 8.63. The Morgan fingerprint density at radius 1 is 1.14 bits per heavy atom. The van der Waals surface area contributed by atoms with Crippen LogP contribution in [0, 0.1) is 73.4 Å². The molecule has 1 N–H and O–H groups in total. The van der Waals surface area contributed by atoms with Gasteiger partial charge in [0.05, 0.1) is 24.1 Å². The Kier molecular flexibility index (Phi) is 3.27. The molecule has 0 aromatic rings. The molecule has 5 fully saturated rings. The predicted octanol–water partition coefficient (Wildman–Crippen LogP) is 3.82. The summed E-state index contributed by atoms with van der Waals surface area (Å²) in [5.74, 6) is -1.04. The first-order chi connectivity index (χ1) is 13.3. The van der Waals surface area contributed by atoms with Gasteiger partial charge in [0, 0.05) is 6.42 Å². The zero-order valence-electron chi connectivity index (χ0n) is 16.3. The fourth-order valence-corrected chi connectivity index (χ4v) is 6.83. The Morgan fingerprint density at radius 2 is 1.89 bits per heavy atom. The maximum Gasteiger partial charge on any atom is 0.218 e. The van der Waals surface area contributed by atoms with Crippen LogP contribution in [0.5, 0.6) is 0 Å². The van der Waals surface area contributed by atoms with Gasteiger partial charge in [0.25, 0.3) is 0 Å². The summed E-state index contributed by atoms with van der Waals surface area (Å²) in [4.78, 5) is 0. The summed E-state index contributed by atoms with van der Waals surface area (Å²) in [5.41, 5.74) is -2.24. The number of ether oxygens (including phenoxy) is 2. The zero-order chi connectivity index (χ0) is 19.9. The van der Waals surface area contributed by atoms with E-state index < -0.39 is 28.6 Å². The van der Waals surface area contributed by atoms with Crippen molar-refractivity contribution in [3.8, 4) is 18.2 Å². The highest BCUT2D eigenvalue weighted by molar-refractivity contribution is 5.89. The second-order valence-corrected chi connectivity index (χ2v) is 9.74. The third kappa shape index (κ3) is 1.61. The molecular weight excluding hydrogens is 352 g/mol. The van der Waals surface area contributed by atoms with Crippen LogP contribution in [0.3, 0.4) is 0 Å². The van der Waals surface area contributed by atoms with Crippen molar-refractivity contribution in [1.82, 2.24) is 0 Å². The predicted molar refractivity (Wildman–Crippen MR) is 98.2 cm³/mol. The van der Waals surface area contributed by atoms with Gasteiger partial charge in [-0.25, -0.2) is 0 Å². The van der Waals surface area contributed by atoms with Gasteiger partial charge < -0.3 is 9.47 Å². The van der Waals surface area contributed by atoms with E-state index in [1.165, 1.54) is 0 Å². The van der Waals surface area contributed by atoms with Crippen LogP contribution < -0.4 is 0 Å². The molecule has 0 amide bonds. The second kappa shape index (κ2) is 5.16. The normalized spacial score (nSPS) is 46.5. The van der Waals surface area contributed by atoms with Gasteiger partial charge in [-0.15, -0.1) is 0 Å². The summed E-state index contributed by atoms with van der Waals surface area (Å²) >= 11 is 0. The molecule has 0 unspecified atom stereocenters. The van der Waals surface area contributed by atoms with Gasteiger partial charge in [-0.3, -0.25) is 5.41 Å². The summed E-state index contributed by atoms with van der Waals surface area (Å²) in [6, 6.07) is 6.67. The summed E-state index contributed by atoms with van der Waals surface area (Å²) in [6.07, 6.45) is 6.21. The third-order valence-electron chi connectivity index (χ3n) is 8.63. The number of nitrogens with one attached hydrogen (secondary N) is 1. The lowest BCUT2D eigenvalue weighted by Crippen LogP contribution is -2.76. The van der Waals surface area contributed by atoms with E-state index in [0.29, 0.717) is 18.8 Å². The van der Waals surface area contributed by atoms with Crippen LogP contribution in [-0.2, 0) is 9.47 Å². The van der Waals surface area contributed by atoms with Gasteiger partial charge >= 0.3 is 0 Å². The average Bonchev–Trinajstić information content (AvgIpc) is 2.71. The molecule has 3 aliphatic heterocycles. The van der Waals surface area contributed by atoms with Crippen LogP contribution in [0.2, 0.25) is 0 Å². The molecule has 1 spiro atoms. The lowest BCUT2D eigenvalue weighted by Gasteiger charge is -2.66. The van der Waals surface area contributed by atoms with Gasteiger partial charge in [0.15, 0.2) is 10.8 Å². The number of hydrogen-bond donors (Lipinski definition) is 1. The number of hydrogen-bond acceptors (Lipinski definition) is 6. The molecule has 0 aromatic carbocycles. The van der Waals surface area contributed by atoms with E-state index in [0.717, 1.165) is 31.3 Å². The SMILES string of the molecule is CC1(C)[C@H]2CC=C([C@@H]3O[C@@]45CCCC[C@@H]4C(C#N)(C#N)[C@@]3(C#N)C(=N)O5)[C@H]1C2. The van der Waals surface area contributed by atoms with Crippen LogP contribution >= 0.6 is 0 Å². The fourth-order valence-electron chi connectivity index (χ4n) is 6.83. The maximum atomic E-state index is 10.4. The Labute approximate surface area is 165 Å². The minimum Gasteiger partial charge on any atom is -0.447 e. The number of nitriles is 3. The van der Waals surface area contributed by atoms with Gasteiger partial charge in [-0.2, -0.15) is 15.8 Å². The van der Waals surface area contributed by atoms with E-state index in [9.17, 15) is 15.8 Å². The Hall–Kier alpha value is -2.36. The Morgan fingerprint density at radius 3 is 2.50 bits per heavy atom. The van der Waals surface area contributed by atoms with E-state index in [2.05, 4.69) is 38.1 Å². The van der Waals surface area contributed by atoms with E-state index >= 15 is 0 Å². The number of nitrogens with zero attached hydrogens (tertiary/aromatic N) is 3. The Bertz CT molecular complexity index is 918. The van der Waals surface area contributed by atoms with Crippen molar-refractivity contribution in [2.24, 2.45) is 34.0 Å². The van der Waals surface area contributed by atoms with Crippen LogP contribution in [0.25, 0.3) is 0 Å². The molecule has 6 atom stereocenters. The van der Waals surface area contributed by atoms with Crippen molar-refractivity contribution in [3.05, 3.63) is 11.6 Å². The summed E-state index contributed by atoms with van der Waals surface area (Å²) in [5, 5.41) is 39.6. The first-order valence-corrected chi connectivity index (χ1v) is 10.2. The first kappa shape index (κ1) is 17.7. The van der Waals surface area contributed by atoms with Gasteiger partial charge in [0.2, 0.25) is 11.7 Å². The van der Waals surface area contributed by atoms with Crippen molar-refractivity contribution >= 4 is 5.90 Å². The minimum absolute atomic E-state index is 0.107. The van der Waals surface area contributed by atoms with Crippen LogP contribution in [0.15, 0.2) is 11.6 Å². The smallest absolute Gasteiger partial charge is 0.218 e. The topological polar surface area (TPSA) is 114 Å². The molecular formula is C22H24N4O2. The van der Waals surface area contributed by atoms with Crippen molar-refractivity contribution in [1.29, 1.82) is 21.2 Å². The molecule has 3 heterocycles. The van der Waals surface area contributed by atoms with E-state index in [4.69, 9.17) is 14.9 Å². The molecule has 144 valence electrons. The molecule has 7 aliphatic rings. The number of rotatable bonds is 1. The summed E-state index contributed by atoms with van der Waals surface area (Å²) < 4.78 is 12.5. The maximum absolute atomic E-state index is 10.4. The average molecular weight is 376 g/mol. The second-order valence-electron chi connectivity index (χ2n) is 9.74. The highest BCUT2D eigenvalue weighted by Crippen LogP contribution is 2.69. The van der Waals surface area contributed by atoms with E-state index in [1.54, 1.807) is 0 Å². The number of allylic oxidation sites excluding steroid dienone is 1. The van der Waals surface area contributed by atoms with Gasteiger partial charge in [-0.1, -0.05) is 26.3 Å². The van der Waals surface area contributed by atoms with Gasteiger partial charge in [0.1, 0.15) is 6.10 Å². The minimum atomic E-state index is -1.72. The van der Waals surface area contributed by atoms with Crippen LogP contribution in [0.1, 0.15) is 52.4 Å². The molecule has 4 bridgehead atoms. The zero-order valence-corrected chi connectivity index (χ0v) is 16.3. The largest absolute Gasteiger partial charge is 0.447 e. The van der Waals surface area contributed by atoms with Crippen molar-refractivity contribution in [2.45, 2.75) is 64.3 Å². The van der Waals surface area contributed by atoms with E-state index in [-0.39, 0.29) is 17.2 Å². The molecule has 7 rings (SSSR count). The fraction of sp³-hybridized carbons (Fsp3) is 0.727. The lowest BCUT2D eigenvalue weighted by atomic mass is 9.43. The Balaban J connectivity index is 1.74. The van der Waals surface area contributed by atoms with Crippen molar-refractivity contribution < 1.29 is 9.47 Å². The quantitative estimate of drug-likeness (QED) is 0.699. The molecule has 6 heteroatoms. The first-order valence-electron chi connectivity index (χ1n) is 10.2. The van der Waals surface area contributed by atoms with Crippen LogP contribution in [0.4, 0.5) is 0 Å². The van der Waals surface area contributed by atoms with Crippen molar-refractivity contribution in [2.75, 3.05) is 0 Å².